The van der Waals surface area contributed by atoms with Gasteiger partial charge < -0.3 is 10.1 Å². The second-order valence-electron chi connectivity index (χ2n) is 7.20. The molecule has 2 aromatic carbocycles. The Morgan fingerprint density at radius 2 is 1.79 bits per heavy atom. The lowest BCUT2D eigenvalue weighted by Gasteiger charge is -2.17. The Morgan fingerprint density at radius 3 is 2.48 bits per heavy atom. The molecule has 0 spiro atoms. The van der Waals surface area contributed by atoms with Gasteiger partial charge >= 0.3 is 0 Å². The van der Waals surface area contributed by atoms with Crippen LogP contribution in [0.15, 0.2) is 72.1 Å². The number of nitrogens with zero attached hydrogens (tertiary/aromatic N) is 2. The number of carbonyl (C=O) groups excluding carboxylic acids is 2. The molecule has 168 valence electrons. The monoisotopic (exact) mass is 478 g/mol. The van der Waals surface area contributed by atoms with Gasteiger partial charge in [-0.15, -0.1) is 21.5 Å². The smallest absolute Gasteiger partial charge is 0.249 e. The standard InChI is InChI=1S/C24H22N4O3S2/c1-31-18-11-9-17(10-12-18)23-27-28-24(33-23)26-22(30)20(14-16-6-3-2-4-7-16)25-21(29)15-19-8-5-13-32-19/h2-13,20H,14-15H2,1H3,(H,25,29)(H,26,28,30). The van der Waals surface area contributed by atoms with Crippen LogP contribution in [0.3, 0.4) is 0 Å². The predicted molar refractivity (Wildman–Crippen MR) is 131 cm³/mol. The molecule has 33 heavy (non-hydrogen) atoms. The molecule has 4 rings (SSSR count). The first kappa shape index (κ1) is 22.6. The van der Waals surface area contributed by atoms with Gasteiger partial charge in [-0.25, -0.2) is 0 Å². The molecule has 0 aliphatic heterocycles. The summed E-state index contributed by atoms with van der Waals surface area (Å²) < 4.78 is 5.18. The summed E-state index contributed by atoms with van der Waals surface area (Å²) in [6.45, 7) is 0. The Kier molecular flexibility index (Phi) is 7.43. The fraction of sp³-hybridized carbons (Fsp3) is 0.167. The van der Waals surface area contributed by atoms with Crippen molar-refractivity contribution in [2.75, 3.05) is 12.4 Å². The molecule has 0 fully saturated rings. The summed E-state index contributed by atoms with van der Waals surface area (Å²) in [6.07, 6.45) is 0.601. The highest BCUT2D eigenvalue weighted by Crippen LogP contribution is 2.28. The number of rotatable bonds is 9. The molecule has 2 heterocycles. The number of hydrogen-bond donors (Lipinski definition) is 2. The molecule has 7 nitrogen and oxygen atoms in total. The molecule has 2 amide bonds. The van der Waals surface area contributed by atoms with Crippen molar-refractivity contribution in [3.8, 4) is 16.3 Å². The Labute approximate surface area is 199 Å². The highest BCUT2D eigenvalue weighted by Gasteiger charge is 2.23. The topological polar surface area (TPSA) is 93.2 Å². The summed E-state index contributed by atoms with van der Waals surface area (Å²) in [5.41, 5.74) is 1.82. The average Bonchev–Trinajstić information content (AvgIpc) is 3.52. The zero-order valence-electron chi connectivity index (χ0n) is 17.9. The molecule has 1 unspecified atom stereocenters. The summed E-state index contributed by atoms with van der Waals surface area (Å²) >= 11 is 2.78. The van der Waals surface area contributed by atoms with E-state index in [0.29, 0.717) is 16.6 Å². The average molecular weight is 479 g/mol. The predicted octanol–water partition coefficient (Wildman–Crippen LogP) is 4.18. The van der Waals surface area contributed by atoms with Crippen LogP contribution in [0.2, 0.25) is 0 Å². The summed E-state index contributed by atoms with van der Waals surface area (Å²) in [6, 6.07) is 20.1. The number of ether oxygens (including phenoxy) is 1. The third-order valence-corrected chi connectivity index (χ3v) is 6.61. The number of anilines is 1. The van der Waals surface area contributed by atoms with Crippen molar-refractivity contribution in [1.29, 1.82) is 0 Å². The lowest BCUT2D eigenvalue weighted by atomic mass is 10.1. The maximum Gasteiger partial charge on any atom is 0.249 e. The molecule has 4 aromatic rings. The highest BCUT2D eigenvalue weighted by atomic mass is 32.1. The first-order chi connectivity index (χ1) is 16.1. The molecule has 0 saturated heterocycles. The quantitative estimate of drug-likeness (QED) is 0.376. The van der Waals surface area contributed by atoms with Crippen LogP contribution in [0.1, 0.15) is 10.4 Å². The van der Waals surface area contributed by atoms with Crippen molar-refractivity contribution in [1.82, 2.24) is 15.5 Å². The minimum absolute atomic E-state index is 0.204. The largest absolute Gasteiger partial charge is 0.497 e. The van der Waals surface area contributed by atoms with Crippen molar-refractivity contribution >= 4 is 39.6 Å². The molecule has 0 aliphatic rings. The molecule has 2 N–H and O–H groups in total. The highest BCUT2D eigenvalue weighted by molar-refractivity contribution is 7.18. The Bertz CT molecular complexity index is 1190. The first-order valence-corrected chi connectivity index (χ1v) is 11.9. The fourth-order valence-corrected chi connectivity index (χ4v) is 4.65. The van der Waals surface area contributed by atoms with Gasteiger partial charge in [0.05, 0.1) is 13.5 Å². The van der Waals surface area contributed by atoms with E-state index in [-0.39, 0.29) is 18.2 Å². The molecular formula is C24H22N4O3S2. The molecule has 0 aliphatic carbocycles. The van der Waals surface area contributed by atoms with Gasteiger partial charge in [0.25, 0.3) is 0 Å². The minimum Gasteiger partial charge on any atom is -0.497 e. The van der Waals surface area contributed by atoms with E-state index in [1.807, 2.05) is 72.1 Å². The fourth-order valence-electron chi connectivity index (χ4n) is 3.19. The number of thiophene rings is 1. The SMILES string of the molecule is COc1ccc(-c2nnc(NC(=O)C(Cc3ccccc3)NC(=O)Cc3cccs3)s2)cc1. The van der Waals surface area contributed by atoms with Crippen LogP contribution >= 0.6 is 22.7 Å². The van der Waals surface area contributed by atoms with E-state index in [1.165, 1.54) is 22.7 Å². The summed E-state index contributed by atoms with van der Waals surface area (Å²) in [4.78, 5) is 26.6. The number of aromatic nitrogens is 2. The lowest BCUT2D eigenvalue weighted by Crippen LogP contribution is -2.45. The molecular weight excluding hydrogens is 456 g/mol. The van der Waals surface area contributed by atoms with Gasteiger partial charge in [-0.3, -0.25) is 14.9 Å². The van der Waals surface area contributed by atoms with Crippen LogP contribution < -0.4 is 15.4 Å². The van der Waals surface area contributed by atoms with E-state index in [2.05, 4.69) is 20.8 Å². The summed E-state index contributed by atoms with van der Waals surface area (Å²) in [7, 11) is 1.61. The van der Waals surface area contributed by atoms with Crippen molar-refractivity contribution in [3.05, 3.63) is 82.6 Å². The number of benzene rings is 2. The normalized spacial score (nSPS) is 11.5. The van der Waals surface area contributed by atoms with Crippen LogP contribution in [0.5, 0.6) is 5.75 Å². The first-order valence-electron chi connectivity index (χ1n) is 10.2. The Balaban J connectivity index is 1.46. The molecule has 1 atom stereocenters. The van der Waals surface area contributed by atoms with Gasteiger partial charge in [0, 0.05) is 16.9 Å². The van der Waals surface area contributed by atoms with E-state index >= 15 is 0 Å². The van der Waals surface area contributed by atoms with Gasteiger partial charge in [-0.05, 0) is 41.3 Å². The van der Waals surface area contributed by atoms with Crippen LogP contribution in [0.4, 0.5) is 5.13 Å². The van der Waals surface area contributed by atoms with Crippen LogP contribution in [-0.2, 0) is 22.4 Å². The van der Waals surface area contributed by atoms with E-state index in [9.17, 15) is 9.59 Å². The van der Waals surface area contributed by atoms with Gasteiger partial charge in [0.1, 0.15) is 16.8 Å². The number of carbonyl (C=O) groups is 2. The summed E-state index contributed by atoms with van der Waals surface area (Å²) in [5, 5.41) is 16.9. The maximum absolute atomic E-state index is 13.1. The Morgan fingerprint density at radius 1 is 1.00 bits per heavy atom. The maximum atomic E-state index is 13.1. The van der Waals surface area contributed by atoms with Gasteiger partial charge in [-0.1, -0.05) is 47.7 Å². The molecule has 0 radical (unpaired) electrons. The molecule has 0 saturated carbocycles. The molecule has 9 heteroatoms. The number of nitrogens with one attached hydrogen (secondary N) is 2. The second-order valence-corrected chi connectivity index (χ2v) is 9.21. The third kappa shape index (κ3) is 6.24. The van der Waals surface area contributed by atoms with E-state index in [4.69, 9.17) is 4.74 Å². The van der Waals surface area contributed by atoms with E-state index in [1.54, 1.807) is 7.11 Å². The zero-order valence-corrected chi connectivity index (χ0v) is 19.5. The lowest BCUT2D eigenvalue weighted by molar-refractivity contribution is -0.126. The van der Waals surface area contributed by atoms with E-state index in [0.717, 1.165) is 21.8 Å². The molecule has 0 bridgehead atoms. The van der Waals surface area contributed by atoms with Crippen LogP contribution in [-0.4, -0.2) is 35.2 Å². The van der Waals surface area contributed by atoms with E-state index < -0.39 is 6.04 Å². The van der Waals surface area contributed by atoms with Gasteiger partial charge in [0.2, 0.25) is 16.9 Å². The van der Waals surface area contributed by atoms with Gasteiger partial charge in [-0.2, -0.15) is 0 Å². The second kappa shape index (κ2) is 10.8. The number of amides is 2. The minimum atomic E-state index is -0.742. The van der Waals surface area contributed by atoms with Crippen molar-refractivity contribution < 1.29 is 14.3 Å². The molecule has 2 aromatic heterocycles. The third-order valence-electron chi connectivity index (χ3n) is 4.84. The van der Waals surface area contributed by atoms with Crippen LogP contribution in [0.25, 0.3) is 10.6 Å². The zero-order chi connectivity index (χ0) is 23.0. The number of methoxy groups -OCH3 is 1. The number of hydrogen-bond acceptors (Lipinski definition) is 7. The van der Waals surface area contributed by atoms with Gasteiger partial charge in [0.15, 0.2) is 0 Å². The van der Waals surface area contributed by atoms with Crippen molar-refractivity contribution in [3.63, 3.8) is 0 Å². The van der Waals surface area contributed by atoms with Crippen molar-refractivity contribution in [2.45, 2.75) is 18.9 Å². The Hall–Kier alpha value is -3.56. The van der Waals surface area contributed by atoms with Crippen LogP contribution in [0, 0.1) is 0 Å². The van der Waals surface area contributed by atoms with Crippen molar-refractivity contribution in [2.24, 2.45) is 0 Å². The summed E-state index contributed by atoms with van der Waals surface area (Å²) in [5.74, 6) is 0.208.